The quantitative estimate of drug-likeness (QED) is 0.882. The van der Waals surface area contributed by atoms with Gasteiger partial charge in [-0.25, -0.2) is 0 Å². The first-order valence-corrected chi connectivity index (χ1v) is 5.95. The highest BCUT2D eigenvalue weighted by Gasteiger charge is 2.05. The maximum atomic E-state index is 11.2. The maximum Gasteiger partial charge on any atom is 0.221 e. The number of hydrogen-bond donors (Lipinski definition) is 2. The zero-order valence-electron chi connectivity index (χ0n) is 7.92. The van der Waals surface area contributed by atoms with E-state index in [1.54, 1.807) is 11.3 Å². The first-order valence-electron chi connectivity index (χ1n) is 4.34. The molecule has 1 unspecified atom stereocenters. The Morgan fingerprint density at radius 1 is 1.71 bits per heavy atom. The van der Waals surface area contributed by atoms with E-state index in [1.807, 2.05) is 19.1 Å². The van der Waals surface area contributed by atoms with Crippen molar-refractivity contribution in [2.75, 3.05) is 0 Å². The Morgan fingerprint density at radius 3 is 2.93 bits per heavy atom. The van der Waals surface area contributed by atoms with Crippen LogP contribution >= 0.6 is 27.3 Å². The van der Waals surface area contributed by atoms with Gasteiger partial charge in [0.05, 0.1) is 10.3 Å². The number of hydrogen-bond acceptors (Lipinski definition) is 3. The van der Waals surface area contributed by atoms with Gasteiger partial charge in [-0.1, -0.05) is 0 Å². The Morgan fingerprint density at radius 2 is 2.43 bits per heavy atom. The van der Waals surface area contributed by atoms with Gasteiger partial charge in [-0.05, 0) is 35.0 Å². The first kappa shape index (κ1) is 11.7. The molecule has 1 aromatic rings. The Labute approximate surface area is 95.8 Å². The van der Waals surface area contributed by atoms with Crippen LogP contribution in [0, 0.1) is 0 Å². The molecule has 0 bridgehead atoms. The highest BCUT2D eigenvalue weighted by atomic mass is 79.9. The SMILES string of the molecule is CC(N)CC(=O)NCc1ccc(Br)s1. The number of carbonyl (C=O) groups is 1. The molecule has 3 nitrogen and oxygen atoms in total. The highest BCUT2D eigenvalue weighted by molar-refractivity contribution is 9.11. The lowest BCUT2D eigenvalue weighted by Crippen LogP contribution is -2.29. The Kier molecular flexibility index (Phi) is 4.57. The van der Waals surface area contributed by atoms with Crippen molar-refractivity contribution in [3.8, 4) is 0 Å². The summed E-state index contributed by atoms with van der Waals surface area (Å²) in [5.74, 6) is 0.00419. The van der Waals surface area contributed by atoms with Crippen LogP contribution < -0.4 is 11.1 Å². The molecule has 0 radical (unpaired) electrons. The van der Waals surface area contributed by atoms with Crippen molar-refractivity contribution < 1.29 is 4.79 Å². The first-order chi connectivity index (χ1) is 6.58. The molecule has 1 aromatic heterocycles. The number of rotatable bonds is 4. The number of amides is 1. The molecule has 78 valence electrons. The smallest absolute Gasteiger partial charge is 0.221 e. The Bertz CT molecular complexity index is 312. The molecule has 1 atom stereocenters. The standard InChI is InChI=1S/C9H13BrN2OS/c1-6(11)4-9(13)12-5-7-2-3-8(10)14-7/h2-3,6H,4-5,11H2,1H3,(H,12,13). The molecule has 1 amide bonds. The lowest BCUT2D eigenvalue weighted by Gasteiger charge is -2.05. The van der Waals surface area contributed by atoms with Crippen molar-refractivity contribution in [1.82, 2.24) is 5.32 Å². The molecular formula is C9H13BrN2OS. The molecule has 0 aliphatic carbocycles. The van der Waals surface area contributed by atoms with E-state index in [-0.39, 0.29) is 11.9 Å². The number of nitrogens with two attached hydrogens (primary N) is 1. The topological polar surface area (TPSA) is 55.1 Å². The monoisotopic (exact) mass is 276 g/mol. The molecule has 0 aromatic carbocycles. The molecule has 14 heavy (non-hydrogen) atoms. The third-order valence-corrected chi connectivity index (χ3v) is 3.22. The second-order valence-electron chi connectivity index (χ2n) is 3.16. The van der Waals surface area contributed by atoms with E-state index >= 15 is 0 Å². The van der Waals surface area contributed by atoms with Gasteiger partial charge in [0.15, 0.2) is 0 Å². The zero-order valence-corrected chi connectivity index (χ0v) is 10.3. The number of carbonyl (C=O) groups excluding carboxylic acids is 1. The van der Waals surface area contributed by atoms with Crippen LogP contribution in [0.4, 0.5) is 0 Å². The fourth-order valence-electron chi connectivity index (χ4n) is 0.997. The van der Waals surface area contributed by atoms with Crippen molar-refractivity contribution in [2.24, 2.45) is 5.73 Å². The van der Waals surface area contributed by atoms with Crippen LogP contribution in [0.15, 0.2) is 15.9 Å². The van der Waals surface area contributed by atoms with E-state index < -0.39 is 0 Å². The minimum atomic E-state index is -0.0786. The van der Waals surface area contributed by atoms with Gasteiger partial charge < -0.3 is 11.1 Å². The lowest BCUT2D eigenvalue weighted by molar-refractivity contribution is -0.121. The molecule has 0 spiro atoms. The Balaban J connectivity index is 2.30. The predicted octanol–water partition coefficient (Wildman–Crippen LogP) is 1.86. The predicted molar refractivity (Wildman–Crippen MR) is 62.1 cm³/mol. The minimum Gasteiger partial charge on any atom is -0.351 e. The summed E-state index contributed by atoms with van der Waals surface area (Å²) in [6, 6.07) is 3.88. The molecule has 0 fully saturated rings. The molecule has 0 aliphatic heterocycles. The van der Waals surface area contributed by atoms with E-state index in [4.69, 9.17) is 5.73 Å². The van der Waals surface area contributed by atoms with Crippen LogP contribution in [0.1, 0.15) is 18.2 Å². The second-order valence-corrected chi connectivity index (χ2v) is 5.71. The van der Waals surface area contributed by atoms with E-state index in [1.165, 1.54) is 0 Å². The summed E-state index contributed by atoms with van der Waals surface area (Å²) in [5, 5.41) is 2.81. The normalized spacial score (nSPS) is 12.5. The van der Waals surface area contributed by atoms with Crippen molar-refractivity contribution in [3.05, 3.63) is 20.8 Å². The average Bonchev–Trinajstić information content (AvgIpc) is 2.47. The van der Waals surface area contributed by atoms with E-state index in [9.17, 15) is 4.79 Å². The highest BCUT2D eigenvalue weighted by Crippen LogP contribution is 2.21. The molecule has 1 heterocycles. The fraction of sp³-hybridized carbons (Fsp3) is 0.444. The number of halogens is 1. The second kappa shape index (κ2) is 5.48. The van der Waals surface area contributed by atoms with Crippen LogP contribution in [0.25, 0.3) is 0 Å². The van der Waals surface area contributed by atoms with Gasteiger partial charge in [0, 0.05) is 17.3 Å². The summed E-state index contributed by atoms with van der Waals surface area (Å²) in [6.45, 7) is 2.41. The lowest BCUT2D eigenvalue weighted by atomic mass is 10.2. The maximum absolute atomic E-state index is 11.2. The van der Waals surface area contributed by atoms with E-state index in [0.29, 0.717) is 13.0 Å². The summed E-state index contributed by atoms with van der Waals surface area (Å²) >= 11 is 4.98. The third kappa shape index (κ3) is 4.21. The summed E-state index contributed by atoms with van der Waals surface area (Å²) < 4.78 is 1.08. The largest absolute Gasteiger partial charge is 0.351 e. The van der Waals surface area contributed by atoms with Gasteiger partial charge in [0.25, 0.3) is 0 Å². The van der Waals surface area contributed by atoms with E-state index in [0.717, 1.165) is 8.66 Å². The molecule has 3 N–H and O–H groups in total. The van der Waals surface area contributed by atoms with Crippen LogP contribution in [0.5, 0.6) is 0 Å². The minimum absolute atomic E-state index is 0.00419. The Hall–Kier alpha value is -0.390. The molecule has 0 saturated heterocycles. The zero-order chi connectivity index (χ0) is 10.6. The van der Waals surface area contributed by atoms with Crippen molar-refractivity contribution in [3.63, 3.8) is 0 Å². The molecule has 0 aliphatic rings. The van der Waals surface area contributed by atoms with E-state index in [2.05, 4.69) is 21.2 Å². The molecule has 1 rings (SSSR count). The fourth-order valence-corrected chi connectivity index (χ4v) is 2.42. The molecule has 0 saturated carbocycles. The van der Waals surface area contributed by atoms with Gasteiger partial charge in [-0.3, -0.25) is 4.79 Å². The van der Waals surface area contributed by atoms with Crippen LogP contribution in [0.3, 0.4) is 0 Å². The van der Waals surface area contributed by atoms with Gasteiger partial charge in [0.1, 0.15) is 0 Å². The number of nitrogens with one attached hydrogen (secondary N) is 1. The summed E-state index contributed by atoms with van der Waals surface area (Å²) in [6.07, 6.45) is 0.381. The number of thiophene rings is 1. The summed E-state index contributed by atoms with van der Waals surface area (Å²) in [5.41, 5.74) is 5.50. The summed E-state index contributed by atoms with van der Waals surface area (Å²) in [7, 11) is 0. The summed E-state index contributed by atoms with van der Waals surface area (Å²) in [4.78, 5) is 12.4. The molecular weight excluding hydrogens is 264 g/mol. The van der Waals surface area contributed by atoms with Crippen LogP contribution in [0.2, 0.25) is 0 Å². The van der Waals surface area contributed by atoms with Gasteiger partial charge in [-0.2, -0.15) is 0 Å². The van der Waals surface area contributed by atoms with Gasteiger partial charge >= 0.3 is 0 Å². The van der Waals surface area contributed by atoms with Crippen LogP contribution in [-0.4, -0.2) is 11.9 Å². The van der Waals surface area contributed by atoms with Gasteiger partial charge in [0.2, 0.25) is 5.91 Å². The average molecular weight is 277 g/mol. The van der Waals surface area contributed by atoms with Crippen molar-refractivity contribution >= 4 is 33.2 Å². The van der Waals surface area contributed by atoms with Crippen LogP contribution in [-0.2, 0) is 11.3 Å². The van der Waals surface area contributed by atoms with Gasteiger partial charge in [-0.15, -0.1) is 11.3 Å². The molecule has 5 heteroatoms. The van der Waals surface area contributed by atoms with Crippen molar-refractivity contribution in [2.45, 2.75) is 25.9 Å². The van der Waals surface area contributed by atoms with Crippen molar-refractivity contribution in [1.29, 1.82) is 0 Å². The third-order valence-electron chi connectivity index (χ3n) is 1.60.